The summed E-state index contributed by atoms with van der Waals surface area (Å²) in [6.07, 6.45) is 0.468. The number of aryl methyl sites for hydroxylation is 1. The van der Waals surface area contributed by atoms with E-state index in [-0.39, 0.29) is 11.9 Å². The third-order valence-corrected chi connectivity index (χ3v) is 4.47. The molecule has 1 unspecified atom stereocenters. The SMILES string of the molecule is Cc1ccc2c(c1)C(NC(=O)Cc1cccs1)CNC2. The van der Waals surface area contributed by atoms with Crippen molar-refractivity contribution in [1.29, 1.82) is 0 Å². The molecule has 2 N–H and O–H groups in total. The summed E-state index contributed by atoms with van der Waals surface area (Å²) in [4.78, 5) is 13.2. The average molecular weight is 286 g/mol. The van der Waals surface area contributed by atoms with Crippen molar-refractivity contribution in [2.75, 3.05) is 6.54 Å². The van der Waals surface area contributed by atoms with E-state index >= 15 is 0 Å². The summed E-state index contributed by atoms with van der Waals surface area (Å²) in [6, 6.07) is 10.5. The van der Waals surface area contributed by atoms with Crippen LogP contribution >= 0.6 is 11.3 Å². The van der Waals surface area contributed by atoms with Crippen molar-refractivity contribution in [1.82, 2.24) is 10.6 Å². The van der Waals surface area contributed by atoms with Crippen molar-refractivity contribution in [2.24, 2.45) is 0 Å². The maximum atomic E-state index is 12.1. The predicted molar refractivity (Wildman–Crippen MR) is 81.8 cm³/mol. The van der Waals surface area contributed by atoms with Gasteiger partial charge in [-0.25, -0.2) is 0 Å². The molecular formula is C16H18N2OS. The molecule has 1 atom stereocenters. The normalized spacial score (nSPS) is 17.6. The van der Waals surface area contributed by atoms with Gasteiger partial charge < -0.3 is 10.6 Å². The zero-order chi connectivity index (χ0) is 13.9. The van der Waals surface area contributed by atoms with Crippen LogP contribution in [0.1, 0.15) is 27.6 Å². The highest BCUT2D eigenvalue weighted by molar-refractivity contribution is 7.10. The van der Waals surface area contributed by atoms with Crippen LogP contribution in [-0.4, -0.2) is 12.5 Å². The Balaban J connectivity index is 1.72. The van der Waals surface area contributed by atoms with Gasteiger partial charge in [-0.05, 0) is 29.5 Å². The molecule has 3 nitrogen and oxygen atoms in total. The molecule has 1 aliphatic heterocycles. The monoisotopic (exact) mass is 286 g/mol. The lowest BCUT2D eigenvalue weighted by atomic mass is 9.94. The summed E-state index contributed by atoms with van der Waals surface area (Å²) in [5, 5.41) is 8.51. The Kier molecular flexibility index (Phi) is 3.85. The lowest BCUT2D eigenvalue weighted by Gasteiger charge is -2.27. The second-order valence-corrected chi connectivity index (χ2v) is 6.24. The Bertz CT molecular complexity index is 607. The van der Waals surface area contributed by atoms with Gasteiger partial charge in [0, 0.05) is 18.0 Å². The van der Waals surface area contributed by atoms with E-state index in [1.165, 1.54) is 16.7 Å². The van der Waals surface area contributed by atoms with E-state index in [0.29, 0.717) is 6.42 Å². The maximum Gasteiger partial charge on any atom is 0.225 e. The fraction of sp³-hybridized carbons (Fsp3) is 0.312. The van der Waals surface area contributed by atoms with Gasteiger partial charge in [-0.1, -0.05) is 29.8 Å². The minimum atomic E-state index is 0.0751. The van der Waals surface area contributed by atoms with Gasteiger partial charge in [0.05, 0.1) is 12.5 Å². The molecule has 1 amide bonds. The van der Waals surface area contributed by atoms with E-state index in [0.717, 1.165) is 18.0 Å². The molecule has 1 aromatic heterocycles. The zero-order valence-electron chi connectivity index (χ0n) is 11.5. The number of amides is 1. The van der Waals surface area contributed by atoms with E-state index in [1.54, 1.807) is 11.3 Å². The van der Waals surface area contributed by atoms with E-state index in [9.17, 15) is 4.79 Å². The highest BCUT2D eigenvalue weighted by Gasteiger charge is 2.21. The van der Waals surface area contributed by atoms with Crippen LogP contribution in [0.15, 0.2) is 35.7 Å². The fourth-order valence-electron chi connectivity index (χ4n) is 2.61. The van der Waals surface area contributed by atoms with Crippen LogP contribution in [0.2, 0.25) is 0 Å². The number of thiophene rings is 1. The smallest absolute Gasteiger partial charge is 0.225 e. The summed E-state index contributed by atoms with van der Waals surface area (Å²) in [7, 11) is 0. The van der Waals surface area contributed by atoms with Crippen LogP contribution < -0.4 is 10.6 Å². The standard InChI is InChI=1S/C16H18N2OS/c1-11-4-5-12-9-17-10-15(14(12)7-11)18-16(19)8-13-3-2-6-20-13/h2-7,15,17H,8-10H2,1H3,(H,18,19). The second-order valence-electron chi connectivity index (χ2n) is 5.21. The van der Waals surface area contributed by atoms with Gasteiger partial charge in [-0.3, -0.25) is 4.79 Å². The Labute approximate surface area is 123 Å². The molecule has 0 aliphatic carbocycles. The van der Waals surface area contributed by atoms with Crippen molar-refractivity contribution in [2.45, 2.75) is 25.9 Å². The lowest BCUT2D eigenvalue weighted by Crippen LogP contribution is -2.40. The number of carbonyl (C=O) groups is 1. The summed E-state index contributed by atoms with van der Waals surface area (Å²) in [5.41, 5.74) is 3.77. The van der Waals surface area contributed by atoms with Gasteiger partial charge in [0.2, 0.25) is 5.91 Å². The summed E-state index contributed by atoms with van der Waals surface area (Å²) < 4.78 is 0. The van der Waals surface area contributed by atoms with Crippen LogP contribution in [0.5, 0.6) is 0 Å². The van der Waals surface area contributed by atoms with E-state index in [2.05, 4.69) is 35.8 Å². The summed E-state index contributed by atoms with van der Waals surface area (Å²) in [6.45, 7) is 3.77. The molecule has 0 saturated carbocycles. The first kappa shape index (κ1) is 13.3. The molecule has 20 heavy (non-hydrogen) atoms. The first-order valence-electron chi connectivity index (χ1n) is 6.84. The van der Waals surface area contributed by atoms with Crippen molar-refractivity contribution in [3.8, 4) is 0 Å². The maximum absolute atomic E-state index is 12.1. The Hall–Kier alpha value is -1.65. The van der Waals surface area contributed by atoms with Crippen LogP contribution in [0.4, 0.5) is 0 Å². The van der Waals surface area contributed by atoms with Crippen molar-refractivity contribution >= 4 is 17.2 Å². The molecule has 4 heteroatoms. The van der Waals surface area contributed by atoms with Crippen LogP contribution in [-0.2, 0) is 17.8 Å². The first-order chi connectivity index (χ1) is 9.72. The Morgan fingerprint density at radius 3 is 3.15 bits per heavy atom. The molecule has 0 fully saturated rings. The number of hydrogen-bond acceptors (Lipinski definition) is 3. The molecular weight excluding hydrogens is 268 g/mol. The van der Waals surface area contributed by atoms with Gasteiger partial charge in [0.25, 0.3) is 0 Å². The molecule has 104 valence electrons. The predicted octanol–water partition coefficient (Wildman–Crippen LogP) is 2.56. The Morgan fingerprint density at radius 1 is 1.45 bits per heavy atom. The van der Waals surface area contributed by atoms with E-state index < -0.39 is 0 Å². The number of fused-ring (bicyclic) bond motifs is 1. The van der Waals surface area contributed by atoms with Crippen molar-refractivity contribution in [3.63, 3.8) is 0 Å². The quantitative estimate of drug-likeness (QED) is 0.910. The number of hydrogen-bond donors (Lipinski definition) is 2. The third kappa shape index (κ3) is 2.92. The topological polar surface area (TPSA) is 41.1 Å². The van der Waals surface area contributed by atoms with E-state index in [4.69, 9.17) is 0 Å². The van der Waals surface area contributed by atoms with Gasteiger partial charge in [0.1, 0.15) is 0 Å². The van der Waals surface area contributed by atoms with Crippen LogP contribution in [0.25, 0.3) is 0 Å². The minimum absolute atomic E-state index is 0.0751. The first-order valence-corrected chi connectivity index (χ1v) is 7.72. The second kappa shape index (κ2) is 5.77. The molecule has 1 aromatic carbocycles. The molecule has 3 rings (SSSR count). The molecule has 0 bridgehead atoms. The van der Waals surface area contributed by atoms with Crippen LogP contribution in [0, 0.1) is 6.92 Å². The summed E-state index contributed by atoms with van der Waals surface area (Å²) >= 11 is 1.62. The van der Waals surface area contributed by atoms with Gasteiger partial charge in [0.15, 0.2) is 0 Å². The lowest BCUT2D eigenvalue weighted by molar-refractivity contribution is -0.121. The van der Waals surface area contributed by atoms with Gasteiger partial charge in [-0.2, -0.15) is 0 Å². The van der Waals surface area contributed by atoms with Gasteiger partial charge in [-0.15, -0.1) is 11.3 Å². The third-order valence-electron chi connectivity index (χ3n) is 3.59. The average Bonchev–Trinajstić information content (AvgIpc) is 2.92. The fourth-order valence-corrected chi connectivity index (χ4v) is 3.31. The molecule has 2 aromatic rings. The zero-order valence-corrected chi connectivity index (χ0v) is 12.3. The van der Waals surface area contributed by atoms with Crippen LogP contribution in [0.3, 0.4) is 0 Å². The molecule has 0 radical (unpaired) electrons. The van der Waals surface area contributed by atoms with Crippen molar-refractivity contribution in [3.05, 3.63) is 57.3 Å². The molecule has 0 spiro atoms. The molecule has 0 saturated heterocycles. The van der Waals surface area contributed by atoms with E-state index in [1.807, 2.05) is 17.5 Å². The molecule has 1 aliphatic rings. The number of carbonyl (C=O) groups excluding carboxylic acids is 1. The highest BCUT2D eigenvalue weighted by Crippen LogP contribution is 2.23. The minimum Gasteiger partial charge on any atom is -0.348 e. The summed E-state index contributed by atoms with van der Waals surface area (Å²) in [5.74, 6) is 0.0913. The highest BCUT2D eigenvalue weighted by atomic mass is 32.1. The van der Waals surface area contributed by atoms with Crippen molar-refractivity contribution < 1.29 is 4.79 Å². The number of benzene rings is 1. The molecule has 2 heterocycles. The van der Waals surface area contributed by atoms with Gasteiger partial charge >= 0.3 is 0 Å². The number of nitrogens with one attached hydrogen (secondary N) is 2. The largest absolute Gasteiger partial charge is 0.348 e. The Morgan fingerprint density at radius 2 is 2.35 bits per heavy atom. The number of rotatable bonds is 3.